The highest BCUT2D eigenvalue weighted by atomic mass is 19.1. The molecule has 0 aliphatic carbocycles. The van der Waals surface area contributed by atoms with E-state index < -0.39 is 0 Å². The van der Waals surface area contributed by atoms with Crippen LogP contribution >= 0.6 is 0 Å². The summed E-state index contributed by atoms with van der Waals surface area (Å²) < 4.78 is 18.6. The van der Waals surface area contributed by atoms with Gasteiger partial charge in [-0.1, -0.05) is 25.1 Å². The van der Waals surface area contributed by atoms with Crippen molar-refractivity contribution in [1.82, 2.24) is 15.2 Å². The lowest BCUT2D eigenvalue weighted by atomic mass is 9.95. The third-order valence-corrected chi connectivity index (χ3v) is 5.02. The van der Waals surface area contributed by atoms with E-state index in [4.69, 9.17) is 4.74 Å². The summed E-state index contributed by atoms with van der Waals surface area (Å²) in [6.45, 7) is 5.50. The van der Waals surface area contributed by atoms with Gasteiger partial charge in [-0.05, 0) is 35.7 Å². The number of halogens is 1. The Bertz CT molecular complexity index is 718. The second-order valence-electron chi connectivity index (χ2n) is 6.71. The number of carbonyl (C=O) groups is 1. The van der Waals surface area contributed by atoms with E-state index in [0.29, 0.717) is 26.2 Å². The Morgan fingerprint density at radius 2 is 1.96 bits per heavy atom. The van der Waals surface area contributed by atoms with Crippen LogP contribution in [0.5, 0.6) is 0 Å². The number of nitrogens with zero attached hydrogens (tertiary/aromatic N) is 2. The maximum Gasteiger partial charge on any atom is 0.227 e. The van der Waals surface area contributed by atoms with Gasteiger partial charge in [0.05, 0.1) is 25.2 Å². The molecule has 27 heavy (non-hydrogen) atoms. The van der Waals surface area contributed by atoms with Gasteiger partial charge in [0, 0.05) is 32.0 Å². The second-order valence-corrected chi connectivity index (χ2v) is 6.71. The number of hydrogen-bond donors (Lipinski definition) is 1. The predicted molar refractivity (Wildman–Crippen MR) is 102 cm³/mol. The van der Waals surface area contributed by atoms with Gasteiger partial charge in [-0.15, -0.1) is 0 Å². The van der Waals surface area contributed by atoms with Crippen LogP contribution in [0.1, 0.15) is 36.4 Å². The average Bonchev–Trinajstić information content (AvgIpc) is 2.72. The Kier molecular flexibility index (Phi) is 6.90. The highest BCUT2D eigenvalue weighted by molar-refractivity contribution is 5.83. The molecular formula is C21H26FN3O2. The maximum absolute atomic E-state index is 13.2. The fourth-order valence-corrected chi connectivity index (χ4v) is 3.51. The first-order chi connectivity index (χ1) is 13.2. The van der Waals surface area contributed by atoms with Crippen molar-refractivity contribution in [3.05, 3.63) is 65.7 Å². The Morgan fingerprint density at radius 1 is 1.22 bits per heavy atom. The third kappa shape index (κ3) is 5.11. The van der Waals surface area contributed by atoms with Crippen LogP contribution in [0.3, 0.4) is 0 Å². The molecule has 1 aromatic carbocycles. The van der Waals surface area contributed by atoms with Crippen LogP contribution in [0.25, 0.3) is 0 Å². The molecule has 2 unspecified atom stereocenters. The lowest BCUT2D eigenvalue weighted by Gasteiger charge is -2.35. The molecule has 0 bridgehead atoms. The number of pyridine rings is 1. The monoisotopic (exact) mass is 371 g/mol. The number of amides is 1. The molecule has 144 valence electrons. The van der Waals surface area contributed by atoms with Crippen LogP contribution in [0, 0.1) is 5.82 Å². The van der Waals surface area contributed by atoms with Crippen molar-refractivity contribution in [2.24, 2.45) is 0 Å². The minimum Gasteiger partial charge on any atom is -0.379 e. The summed E-state index contributed by atoms with van der Waals surface area (Å²) >= 11 is 0. The highest BCUT2D eigenvalue weighted by Crippen LogP contribution is 2.23. The molecular weight excluding hydrogens is 345 g/mol. The molecule has 1 aliphatic heterocycles. The van der Waals surface area contributed by atoms with E-state index in [1.807, 2.05) is 25.3 Å². The number of morpholine rings is 1. The topological polar surface area (TPSA) is 54.5 Å². The number of aromatic nitrogens is 1. The molecule has 1 saturated heterocycles. The van der Waals surface area contributed by atoms with Crippen LogP contribution < -0.4 is 5.32 Å². The van der Waals surface area contributed by atoms with Gasteiger partial charge in [0.25, 0.3) is 0 Å². The molecule has 5 nitrogen and oxygen atoms in total. The first-order valence-electron chi connectivity index (χ1n) is 9.44. The smallest absolute Gasteiger partial charge is 0.227 e. The molecule has 3 rings (SSSR count). The molecule has 0 saturated carbocycles. The van der Waals surface area contributed by atoms with Gasteiger partial charge in [0.2, 0.25) is 5.91 Å². The molecule has 6 heteroatoms. The number of hydrogen-bond acceptors (Lipinski definition) is 4. The van der Waals surface area contributed by atoms with Crippen LogP contribution in [-0.4, -0.2) is 48.6 Å². The van der Waals surface area contributed by atoms with Crippen LogP contribution in [0.15, 0.2) is 48.8 Å². The molecule has 2 heterocycles. The van der Waals surface area contributed by atoms with Gasteiger partial charge in [0.15, 0.2) is 0 Å². The van der Waals surface area contributed by atoms with E-state index >= 15 is 0 Å². The highest BCUT2D eigenvalue weighted by Gasteiger charge is 2.25. The fraction of sp³-hybridized carbons (Fsp3) is 0.429. The maximum atomic E-state index is 13.2. The number of benzene rings is 1. The summed E-state index contributed by atoms with van der Waals surface area (Å²) in [5.41, 5.74) is 1.91. The Labute approximate surface area is 159 Å². The Morgan fingerprint density at radius 3 is 2.59 bits per heavy atom. The van der Waals surface area contributed by atoms with Crippen molar-refractivity contribution in [2.45, 2.75) is 25.3 Å². The summed E-state index contributed by atoms with van der Waals surface area (Å²) in [7, 11) is 0. The first-order valence-corrected chi connectivity index (χ1v) is 9.44. The third-order valence-electron chi connectivity index (χ3n) is 5.02. The molecule has 1 aliphatic rings. The molecule has 1 amide bonds. The van der Waals surface area contributed by atoms with E-state index in [0.717, 1.165) is 24.2 Å². The van der Waals surface area contributed by atoms with Gasteiger partial charge < -0.3 is 10.1 Å². The molecule has 1 aromatic heterocycles. The summed E-state index contributed by atoms with van der Waals surface area (Å²) in [5.74, 6) is -0.617. The minimum atomic E-state index is -0.294. The fourth-order valence-electron chi connectivity index (χ4n) is 3.51. The number of ether oxygens (including phenoxy) is 1. The number of carbonyl (C=O) groups excluding carboxylic acids is 1. The molecule has 0 spiro atoms. The van der Waals surface area contributed by atoms with Crippen molar-refractivity contribution in [1.29, 1.82) is 0 Å². The zero-order valence-corrected chi connectivity index (χ0v) is 15.6. The Balaban J connectivity index is 1.69. The van der Waals surface area contributed by atoms with Crippen molar-refractivity contribution in [3.8, 4) is 0 Å². The van der Waals surface area contributed by atoms with Crippen molar-refractivity contribution >= 4 is 5.91 Å². The summed E-state index contributed by atoms with van der Waals surface area (Å²) in [6, 6.07) is 10.2. The minimum absolute atomic E-state index is 0.0359. The van der Waals surface area contributed by atoms with Gasteiger partial charge in [-0.3, -0.25) is 14.7 Å². The average molecular weight is 371 g/mol. The van der Waals surface area contributed by atoms with E-state index in [9.17, 15) is 9.18 Å². The molecule has 1 fully saturated rings. The standard InChI is InChI=1S/C21H26FN3O2/c1-2-19(16-5-7-18(22)8-6-16)21(26)24-15-20(17-4-3-9-23-14-17)25-10-12-27-13-11-25/h3-9,14,19-20H,2,10-13,15H2,1H3,(H,24,26). The van der Waals surface area contributed by atoms with Crippen LogP contribution in [0.2, 0.25) is 0 Å². The van der Waals surface area contributed by atoms with E-state index in [-0.39, 0.29) is 23.7 Å². The lowest BCUT2D eigenvalue weighted by Crippen LogP contribution is -2.44. The second kappa shape index (κ2) is 9.58. The van der Waals surface area contributed by atoms with Crippen LogP contribution in [0.4, 0.5) is 4.39 Å². The largest absolute Gasteiger partial charge is 0.379 e. The van der Waals surface area contributed by atoms with E-state index in [1.54, 1.807) is 18.3 Å². The normalized spacial score (nSPS) is 17.3. The summed E-state index contributed by atoms with van der Waals surface area (Å²) in [5, 5.41) is 3.10. The van der Waals surface area contributed by atoms with Crippen molar-refractivity contribution in [3.63, 3.8) is 0 Å². The zero-order valence-electron chi connectivity index (χ0n) is 15.6. The van der Waals surface area contributed by atoms with E-state index in [1.165, 1.54) is 12.1 Å². The lowest BCUT2D eigenvalue weighted by molar-refractivity contribution is -0.123. The predicted octanol–water partition coefficient (Wildman–Crippen LogP) is 2.90. The number of rotatable bonds is 7. The quantitative estimate of drug-likeness (QED) is 0.813. The Hall–Kier alpha value is -2.31. The SMILES string of the molecule is CCC(C(=O)NCC(c1cccnc1)N1CCOCC1)c1ccc(F)cc1. The van der Waals surface area contributed by atoms with Gasteiger partial charge in [-0.25, -0.2) is 4.39 Å². The van der Waals surface area contributed by atoms with Crippen molar-refractivity contribution < 1.29 is 13.9 Å². The van der Waals surface area contributed by atoms with Crippen LogP contribution in [-0.2, 0) is 9.53 Å². The number of nitrogens with one attached hydrogen (secondary N) is 1. The first kappa shape index (κ1) is 19.5. The van der Waals surface area contributed by atoms with E-state index in [2.05, 4.69) is 15.2 Å². The molecule has 2 aromatic rings. The summed E-state index contributed by atoms with van der Waals surface area (Å²) in [4.78, 5) is 19.4. The molecule has 0 radical (unpaired) electrons. The zero-order chi connectivity index (χ0) is 19.1. The van der Waals surface area contributed by atoms with Gasteiger partial charge in [0.1, 0.15) is 5.82 Å². The van der Waals surface area contributed by atoms with Crippen molar-refractivity contribution in [2.75, 3.05) is 32.8 Å². The summed E-state index contributed by atoms with van der Waals surface area (Å²) in [6.07, 6.45) is 4.26. The van der Waals surface area contributed by atoms with Gasteiger partial charge in [-0.2, -0.15) is 0 Å². The van der Waals surface area contributed by atoms with Gasteiger partial charge >= 0.3 is 0 Å². The molecule has 1 N–H and O–H groups in total. The molecule has 2 atom stereocenters.